The molecule has 6 heteroatoms. The molecule has 2 rings (SSSR count). The summed E-state index contributed by atoms with van der Waals surface area (Å²) in [6, 6.07) is 6.12. The van der Waals surface area contributed by atoms with E-state index in [-0.39, 0.29) is 5.57 Å². The van der Waals surface area contributed by atoms with E-state index in [0.717, 1.165) is 10.0 Å². The Labute approximate surface area is 112 Å². The van der Waals surface area contributed by atoms with Crippen molar-refractivity contribution < 1.29 is 14.7 Å². The summed E-state index contributed by atoms with van der Waals surface area (Å²) < 4.78 is 0.893. The number of carboxylic acids is 1. The highest BCUT2D eigenvalue weighted by Gasteiger charge is 2.30. The molecule has 1 aliphatic heterocycles. The summed E-state index contributed by atoms with van der Waals surface area (Å²) in [5, 5.41) is 14.3. The third kappa shape index (κ3) is 2.38. The van der Waals surface area contributed by atoms with Crippen LogP contribution in [0.2, 0.25) is 0 Å². The third-order valence-electron chi connectivity index (χ3n) is 2.70. The van der Waals surface area contributed by atoms with Crippen molar-refractivity contribution in [1.29, 1.82) is 0 Å². The van der Waals surface area contributed by atoms with Crippen LogP contribution in [0, 0.1) is 0 Å². The van der Waals surface area contributed by atoms with Crippen LogP contribution in [0.4, 0.5) is 4.79 Å². The lowest BCUT2D eigenvalue weighted by molar-refractivity contribution is -0.133. The Bertz CT molecular complexity index is 537. The van der Waals surface area contributed by atoms with Crippen molar-refractivity contribution in [1.82, 2.24) is 10.6 Å². The zero-order chi connectivity index (χ0) is 13.3. The molecule has 1 unspecified atom stereocenters. The Hall–Kier alpha value is -1.82. The Morgan fingerprint density at radius 2 is 1.94 bits per heavy atom. The van der Waals surface area contributed by atoms with Gasteiger partial charge in [0.25, 0.3) is 0 Å². The molecule has 0 aliphatic carbocycles. The highest BCUT2D eigenvalue weighted by Crippen LogP contribution is 2.27. The number of carbonyl (C=O) groups is 2. The van der Waals surface area contributed by atoms with Gasteiger partial charge in [0.2, 0.25) is 0 Å². The van der Waals surface area contributed by atoms with Crippen molar-refractivity contribution in [2.75, 3.05) is 0 Å². The van der Waals surface area contributed by atoms with Crippen LogP contribution in [0.3, 0.4) is 0 Å². The minimum atomic E-state index is -1.05. The van der Waals surface area contributed by atoms with E-state index in [0.29, 0.717) is 5.70 Å². The molecule has 5 nitrogen and oxygen atoms in total. The number of halogens is 1. The number of nitrogens with one attached hydrogen (secondary N) is 2. The molecule has 1 aliphatic rings. The van der Waals surface area contributed by atoms with E-state index in [4.69, 9.17) is 0 Å². The van der Waals surface area contributed by atoms with Crippen LogP contribution >= 0.6 is 15.9 Å². The molecule has 3 N–H and O–H groups in total. The molecule has 0 bridgehead atoms. The van der Waals surface area contributed by atoms with Gasteiger partial charge in [0.1, 0.15) is 0 Å². The summed E-state index contributed by atoms with van der Waals surface area (Å²) in [4.78, 5) is 22.7. The van der Waals surface area contributed by atoms with E-state index in [9.17, 15) is 14.7 Å². The van der Waals surface area contributed by atoms with Gasteiger partial charge in [-0.3, -0.25) is 0 Å². The molecule has 94 valence electrons. The number of hydrogen-bond acceptors (Lipinski definition) is 2. The molecule has 0 saturated heterocycles. The van der Waals surface area contributed by atoms with Gasteiger partial charge in [-0.1, -0.05) is 28.1 Å². The molecule has 0 spiro atoms. The first kappa shape index (κ1) is 12.6. The maximum Gasteiger partial charge on any atom is 0.335 e. The lowest BCUT2D eigenvalue weighted by Gasteiger charge is -2.27. The first-order valence-electron chi connectivity index (χ1n) is 5.26. The number of urea groups is 1. The summed E-state index contributed by atoms with van der Waals surface area (Å²) in [5.74, 6) is -1.05. The van der Waals surface area contributed by atoms with Crippen LogP contribution in [0.15, 0.2) is 40.0 Å². The fourth-order valence-corrected chi connectivity index (χ4v) is 2.15. The molecule has 18 heavy (non-hydrogen) atoms. The standard InChI is InChI=1S/C12H11BrN2O3/c1-6-9(11(16)17)10(15-12(18)14-6)7-2-4-8(13)5-3-7/h2-5,10H,1H3,(H,16,17)(H2,14,15,18). The van der Waals surface area contributed by atoms with Crippen molar-refractivity contribution in [3.63, 3.8) is 0 Å². The number of hydrogen-bond donors (Lipinski definition) is 3. The molecule has 0 saturated carbocycles. The van der Waals surface area contributed by atoms with Gasteiger partial charge in [0.05, 0.1) is 11.6 Å². The number of rotatable bonds is 2. The zero-order valence-electron chi connectivity index (χ0n) is 9.53. The lowest BCUT2D eigenvalue weighted by Crippen LogP contribution is -2.45. The van der Waals surface area contributed by atoms with Crippen molar-refractivity contribution in [3.05, 3.63) is 45.6 Å². The lowest BCUT2D eigenvalue weighted by atomic mass is 9.96. The summed E-state index contributed by atoms with van der Waals surface area (Å²) >= 11 is 3.31. The monoisotopic (exact) mass is 310 g/mol. The van der Waals surface area contributed by atoms with E-state index >= 15 is 0 Å². The minimum absolute atomic E-state index is 0.150. The highest BCUT2D eigenvalue weighted by molar-refractivity contribution is 9.10. The second-order valence-corrected chi connectivity index (χ2v) is 4.84. The van der Waals surface area contributed by atoms with E-state index in [2.05, 4.69) is 26.6 Å². The minimum Gasteiger partial charge on any atom is -0.478 e. The molecule has 0 aromatic heterocycles. The van der Waals surface area contributed by atoms with Gasteiger partial charge in [-0.05, 0) is 24.6 Å². The van der Waals surface area contributed by atoms with Crippen LogP contribution in [0.25, 0.3) is 0 Å². The van der Waals surface area contributed by atoms with Crippen LogP contribution in [0.1, 0.15) is 18.5 Å². The summed E-state index contributed by atoms with van der Waals surface area (Å²) in [5.41, 5.74) is 1.24. The van der Waals surface area contributed by atoms with Crippen LogP contribution < -0.4 is 10.6 Å². The smallest absolute Gasteiger partial charge is 0.335 e. The van der Waals surface area contributed by atoms with E-state index in [1.54, 1.807) is 31.2 Å². The second-order valence-electron chi connectivity index (χ2n) is 3.93. The topological polar surface area (TPSA) is 78.4 Å². The SMILES string of the molecule is CC1=C(C(=O)O)C(c2ccc(Br)cc2)NC(=O)N1. The molecular weight excluding hydrogens is 300 g/mol. The predicted octanol–water partition coefficient (Wildman–Crippen LogP) is 2.16. The van der Waals surface area contributed by atoms with Crippen molar-refractivity contribution >= 4 is 27.9 Å². The first-order valence-corrected chi connectivity index (χ1v) is 6.05. The molecule has 0 radical (unpaired) electrons. The van der Waals surface area contributed by atoms with Crippen LogP contribution in [-0.4, -0.2) is 17.1 Å². The molecule has 1 aromatic rings. The molecule has 1 atom stereocenters. The number of carbonyl (C=O) groups excluding carboxylic acids is 1. The van der Waals surface area contributed by atoms with Gasteiger partial charge >= 0.3 is 12.0 Å². The van der Waals surface area contributed by atoms with E-state index in [1.807, 2.05) is 0 Å². The number of carboxylic acid groups (broad SMARTS) is 1. The molecule has 0 fully saturated rings. The van der Waals surface area contributed by atoms with Crippen molar-refractivity contribution in [3.8, 4) is 0 Å². The summed E-state index contributed by atoms with van der Waals surface area (Å²) in [7, 11) is 0. The molecule has 2 amide bonds. The molecule has 1 aromatic carbocycles. The summed E-state index contributed by atoms with van der Waals surface area (Å²) in [6.07, 6.45) is 0. The Balaban J connectivity index is 2.46. The number of amides is 2. The quantitative estimate of drug-likeness (QED) is 0.783. The normalized spacial score (nSPS) is 19.2. The van der Waals surface area contributed by atoms with Crippen molar-refractivity contribution in [2.24, 2.45) is 0 Å². The largest absolute Gasteiger partial charge is 0.478 e. The van der Waals surface area contributed by atoms with Gasteiger partial charge in [0, 0.05) is 10.2 Å². The van der Waals surface area contributed by atoms with Crippen LogP contribution in [0.5, 0.6) is 0 Å². The average Bonchev–Trinajstić information content (AvgIpc) is 2.28. The van der Waals surface area contributed by atoms with Gasteiger partial charge in [-0.2, -0.15) is 0 Å². The van der Waals surface area contributed by atoms with Gasteiger partial charge in [0.15, 0.2) is 0 Å². The predicted molar refractivity (Wildman–Crippen MR) is 68.9 cm³/mol. The van der Waals surface area contributed by atoms with Crippen LogP contribution in [-0.2, 0) is 4.79 Å². The van der Waals surface area contributed by atoms with Gasteiger partial charge < -0.3 is 15.7 Å². The van der Waals surface area contributed by atoms with Gasteiger partial charge in [-0.25, -0.2) is 9.59 Å². The fraction of sp³-hybridized carbons (Fsp3) is 0.167. The molecular formula is C12H11BrN2O3. The number of benzene rings is 1. The Morgan fingerprint density at radius 3 is 2.50 bits per heavy atom. The number of allylic oxidation sites excluding steroid dienone is 1. The number of aliphatic carboxylic acids is 1. The first-order chi connectivity index (χ1) is 8.49. The maximum atomic E-state index is 11.4. The second kappa shape index (κ2) is 4.81. The zero-order valence-corrected chi connectivity index (χ0v) is 11.1. The van der Waals surface area contributed by atoms with Gasteiger partial charge in [-0.15, -0.1) is 0 Å². The average molecular weight is 311 g/mol. The van der Waals surface area contributed by atoms with E-state index in [1.165, 1.54) is 0 Å². The fourth-order valence-electron chi connectivity index (χ4n) is 1.88. The third-order valence-corrected chi connectivity index (χ3v) is 3.23. The molecule has 1 heterocycles. The van der Waals surface area contributed by atoms with E-state index < -0.39 is 18.0 Å². The Kier molecular flexibility index (Phi) is 3.38. The summed E-state index contributed by atoms with van der Waals surface area (Å²) in [6.45, 7) is 1.58. The maximum absolute atomic E-state index is 11.4. The highest BCUT2D eigenvalue weighted by atomic mass is 79.9. The Morgan fingerprint density at radius 1 is 1.33 bits per heavy atom. The van der Waals surface area contributed by atoms with Crippen molar-refractivity contribution in [2.45, 2.75) is 13.0 Å².